The fourth-order valence-electron chi connectivity index (χ4n) is 2.75. The predicted molar refractivity (Wildman–Crippen MR) is 103 cm³/mol. The molecule has 3 heterocycles. The number of aryl methyl sites for hydroxylation is 1. The number of aromatic nitrogens is 1. The number of hydrogen-bond donors (Lipinski definition) is 0. The molecule has 0 atom stereocenters. The van der Waals surface area contributed by atoms with E-state index >= 15 is 0 Å². The smallest absolute Gasteiger partial charge is 0.324 e. The predicted octanol–water partition coefficient (Wildman–Crippen LogP) is 2.71. The minimum atomic E-state index is -0.596. The molecule has 0 unspecified atom stereocenters. The molecule has 1 aliphatic heterocycles. The molecule has 0 bridgehead atoms. The van der Waals surface area contributed by atoms with Gasteiger partial charge in [0, 0.05) is 24.7 Å². The number of nitro groups is 1. The number of rotatable bonds is 5. The van der Waals surface area contributed by atoms with E-state index in [1.165, 1.54) is 30.6 Å². The van der Waals surface area contributed by atoms with Gasteiger partial charge in [-0.05, 0) is 6.07 Å². The standard InChI is InChI=1S/C17H13N3O7S2/c1-25-15(21)4-5-19-9-6-10-11(27-8-26-10)7-13(9)29-17(19)18-16(22)12-2-3-14(28-12)20(23)24/h2-3,6-7H,4-5,8H2,1H3. The van der Waals surface area contributed by atoms with E-state index in [1.807, 2.05) is 0 Å². The van der Waals surface area contributed by atoms with Gasteiger partial charge in [0.2, 0.25) is 6.79 Å². The Morgan fingerprint density at radius 1 is 1.28 bits per heavy atom. The lowest BCUT2D eigenvalue weighted by Gasteiger charge is -2.05. The van der Waals surface area contributed by atoms with Crippen molar-refractivity contribution in [3.05, 3.63) is 44.1 Å². The third-order valence-corrected chi connectivity index (χ3v) is 6.19. The zero-order chi connectivity index (χ0) is 20.5. The molecular formula is C17H13N3O7S2. The lowest BCUT2D eigenvalue weighted by atomic mass is 10.3. The van der Waals surface area contributed by atoms with Gasteiger partial charge in [0.1, 0.15) is 4.88 Å². The second kappa shape index (κ2) is 7.64. The molecule has 1 aliphatic rings. The number of hydrogen-bond acceptors (Lipinski definition) is 9. The van der Waals surface area contributed by atoms with Crippen LogP contribution in [0.25, 0.3) is 10.2 Å². The quantitative estimate of drug-likeness (QED) is 0.343. The van der Waals surface area contributed by atoms with E-state index in [1.54, 1.807) is 16.7 Å². The highest BCUT2D eigenvalue weighted by atomic mass is 32.1. The van der Waals surface area contributed by atoms with Crippen LogP contribution >= 0.6 is 22.7 Å². The van der Waals surface area contributed by atoms with Crippen molar-refractivity contribution in [3.63, 3.8) is 0 Å². The van der Waals surface area contributed by atoms with E-state index in [0.717, 1.165) is 21.6 Å². The van der Waals surface area contributed by atoms with Gasteiger partial charge >= 0.3 is 11.0 Å². The molecule has 3 aromatic rings. The SMILES string of the molecule is COC(=O)CCn1c(=NC(=O)c2ccc([N+](=O)[O-])s2)sc2cc3c(cc21)OCO3. The number of thiazole rings is 1. The average Bonchev–Trinajstić information content (AvgIpc) is 3.42. The van der Waals surface area contributed by atoms with E-state index < -0.39 is 16.8 Å². The molecule has 0 saturated heterocycles. The number of thiophene rings is 1. The summed E-state index contributed by atoms with van der Waals surface area (Å²) in [6.45, 7) is 0.366. The molecule has 12 heteroatoms. The Balaban J connectivity index is 1.78. The molecule has 1 amide bonds. The number of methoxy groups -OCH3 is 1. The molecule has 29 heavy (non-hydrogen) atoms. The van der Waals surface area contributed by atoms with Crippen molar-refractivity contribution < 1.29 is 28.7 Å². The number of benzene rings is 1. The third-order valence-electron chi connectivity index (χ3n) is 4.12. The van der Waals surface area contributed by atoms with Crippen LogP contribution < -0.4 is 14.3 Å². The van der Waals surface area contributed by atoms with Gasteiger partial charge in [0.05, 0.1) is 28.7 Å². The van der Waals surface area contributed by atoms with Gasteiger partial charge in [0.15, 0.2) is 16.3 Å². The summed E-state index contributed by atoms with van der Waals surface area (Å²) < 4.78 is 18.0. The third kappa shape index (κ3) is 3.71. The van der Waals surface area contributed by atoms with Crippen LogP contribution in [0.1, 0.15) is 16.1 Å². The summed E-state index contributed by atoms with van der Waals surface area (Å²) in [5, 5.41) is 10.7. The van der Waals surface area contributed by atoms with E-state index in [4.69, 9.17) is 14.2 Å². The van der Waals surface area contributed by atoms with E-state index in [0.29, 0.717) is 16.3 Å². The fourth-order valence-corrected chi connectivity index (χ4v) is 4.52. The summed E-state index contributed by atoms with van der Waals surface area (Å²) >= 11 is 2.00. The fraction of sp³-hybridized carbons (Fsp3) is 0.235. The van der Waals surface area contributed by atoms with Crippen LogP contribution in [0.5, 0.6) is 11.5 Å². The first-order valence-electron chi connectivity index (χ1n) is 8.29. The van der Waals surface area contributed by atoms with Crippen molar-refractivity contribution in [1.29, 1.82) is 0 Å². The first-order chi connectivity index (χ1) is 14.0. The van der Waals surface area contributed by atoms with Gasteiger partial charge in [0.25, 0.3) is 5.91 Å². The van der Waals surface area contributed by atoms with Crippen LogP contribution in [0.4, 0.5) is 5.00 Å². The number of nitrogens with zero attached hydrogens (tertiary/aromatic N) is 3. The van der Waals surface area contributed by atoms with Crippen molar-refractivity contribution in [3.8, 4) is 11.5 Å². The Morgan fingerprint density at radius 2 is 2.03 bits per heavy atom. The van der Waals surface area contributed by atoms with Gasteiger partial charge < -0.3 is 18.8 Å². The highest BCUT2D eigenvalue weighted by molar-refractivity contribution is 7.17. The van der Waals surface area contributed by atoms with Crippen molar-refractivity contribution in [2.24, 2.45) is 4.99 Å². The molecule has 0 aliphatic carbocycles. The first kappa shape index (κ1) is 19.1. The molecule has 0 spiro atoms. The molecule has 150 valence electrons. The van der Waals surface area contributed by atoms with E-state index in [9.17, 15) is 19.7 Å². The van der Waals surface area contributed by atoms with Gasteiger partial charge in [-0.25, -0.2) is 0 Å². The van der Waals surface area contributed by atoms with Crippen LogP contribution in [0.3, 0.4) is 0 Å². The molecule has 0 radical (unpaired) electrons. The van der Waals surface area contributed by atoms with Gasteiger partial charge in [-0.1, -0.05) is 22.7 Å². The summed E-state index contributed by atoms with van der Waals surface area (Å²) in [5.74, 6) is 0.157. The zero-order valence-electron chi connectivity index (χ0n) is 14.9. The molecule has 10 nitrogen and oxygen atoms in total. The number of carbonyl (C=O) groups is 2. The van der Waals surface area contributed by atoms with Gasteiger partial charge in [-0.2, -0.15) is 4.99 Å². The van der Waals surface area contributed by atoms with Crippen LogP contribution in [0, 0.1) is 10.1 Å². The summed E-state index contributed by atoms with van der Waals surface area (Å²) in [5.41, 5.74) is 0.729. The highest BCUT2D eigenvalue weighted by Gasteiger charge is 2.19. The number of ether oxygens (including phenoxy) is 3. The van der Waals surface area contributed by atoms with Crippen molar-refractivity contribution in [2.75, 3.05) is 13.9 Å². The lowest BCUT2D eigenvalue weighted by Crippen LogP contribution is -2.19. The van der Waals surface area contributed by atoms with Gasteiger partial charge in [-0.3, -0.25) is 19.7 Å². The topological polar surface area (TPSA) is 122 Å². The zero-order valence-corrected chi connectivity index (χ0v) is 16.6. The number of carbonyl (C=O) groups excluding carboxylic acids is 2. The Kier molecular flexibility index (Phi) is 5.03. The number of esters is 1. The first-order valence-corrected chi connectivity index (χ1v) is 9.92. The minimum absolute atomic E-state index is 0.0859. The maximum atomic E-state index is 12.5. The van der Waals surface area contributed by atoms with Gasteiger partial charge in [-0.15, -0.1) is 0 Å². The van der Waals surface area contributed by atoms with E-state index in [-0.39, 0.29) is 29.6 Å². The monoisotopic (exact) mass is 435 g/mol. The molecule has 4 rings (SSSR count). The number of fused-ring (bicyclic) bond motifs is 2. The average molecular weight is 435 g/mol. The maximum absolute atomic E-state index is 12.5. The molecular weight excluding hydrogens is 422 g/mol. The molecule has 2 aromatic heterocycles. The Labute approximate surface area is 170 Å². The van der Waals surface area contributed by atoms with Crippen LogP contribution in [0.2, 0.25) is 0 Å². The summed E-state index contributed by atoms with van der Waals surface area (Å²) in [4.78, 5) is 39.1. The van der Waals surface area contributed by atoms with Crippen molar-refractivity contribution >= 4 is 49.8 Å². The number of amides is 1. The summed E-state index contributed by atoms with van der Waals surface area (Å²) in [6, 6.07) is 6.20. The molecule has 0 saturated carbocycles. The Bertz CT molecular complexity index is 1210. The highest BCUT2D eigenvalue weighted by Crippen LogP contribution is 2.37. The van der Waals surface area contributed by atoms with Crippen LogP contribution in [-0.2, 0) is 16.1 Å². The van der Waals surface area contributed by atoms with Crippen LogP contribution in [-0.4, -0.2) is 35.3 Å². The Morgan fingerprint density at radius 3 is 2.72 bits per heavy atom. The maximum Gasteiger partial charge on any atom is 0.324 e. The molecule has 0 fully saturated rings. The largest absolute Gasteiger partial charge is 0.469 e. The molecule has 0 N–H and O–H groups in total. The second-order valence-corrected chi connectivity index (χ2v) is 7.92. The van der Waals surface area contributed by atoms with Crippen molar-refractivity contribution in [1.82, 2.24) is 4.57 Å². The molecule has 1 aromatic carbocycles. The second-order valence-electron chi connectivity index (χ2n) is 5.85. The Hall–Kier alpha value is -3.25. The van der Waals surface area contributed by atoms with Crippen LogP contribution in [0.15, 0.2) is 29.3 Å². The van der Waals surface area contributed by atoms with E-state index in [2.05, 4.69) is 4.99 Å². The van der Waals surface area contributed by atoms with Crippen molar-refractivity contribution in [2.45, 2.75) is 13.0 Å². The summed E-state index contributed by atoms with van der Waals surface area (Å²) in [6.07, 6.45) is 0.0859. The summed E-state index contributed by atoms with van der Waals surface area (Å²) in [7, 11) is 1.30. The lowest BCUT2D eigenvalue weighted by molar-refractivity contribution is -0.380. The normalized spacial score (nSPS) is 13.1. The minimum Gasteiger partial charge on any atom is -0.469 e.